The van der Waals surface area contributed by atoms with Gasteiger partial charge < -0.3 is 10.6 Å². The topological polar surface area (TPSA) is 76.0 Å². The molecular formula is C16H20N4O2. The number of hydrogen-bond donors (Lipinski definition) is 2. The van der Waals surface area contributed by atoms with E-state index in [0.29, 0.717) is 25.2 Å². The van der Waals surface area contributed by atoms with Gasteiger partial charge >= 0.3 is 11.8 Å². The van der Waals surface area contributed by atoms with Gasteiger partial charge in [0.2, 0.25) is 0 Å². The van der Waals surface area contributed by atoms with Crippen LogP contribution in [-0.4, -0.2) is 28.1 Å². The molecular weight excluding hydrogens is 280 g/mol. The van der Waals surface area contributed by atoms with Crippen molar-refractivity contribution in [2.75, 3.05) is 11.9 Å². The third-order valence-corrected chi connectivity index (χ3v) is 3.24. The third-order valence-electron chi connectivity index (χ3n) is 3.24. The second kappa shape index (κ2) is 7.97. The second-order valence-electron chi connectivity index (χ2n) is 4.88. The summed E-state index contributed by atoms with van der Waals surface area (Å²) >= 11 is 0. The maximum absolute atomic E-state index is 11.7. The van der Waals surface area contributed by atoms with E-state index < -0.39 is 11.8 Å². The second-order valence-corrected chi connectivity index (χ2v) is 4.88. The van der Waals surface area contributed by atoms with E-state index in [9.17, 15) is 9.59 Å². The van der Waals surface area contributed by atoms with Crippen LogP contribution in [0.5, 0.6) is 0 Å². The minimum absolute atomic E-state index is 0.431. The van der Waals surface area contributed by atoms with Gasteiger partial charge in [-0.1, -0.05) is 19.1 Å². The summed E-state index contributed by atoms with van der Waals surface area (Å²) in [7, 11) is 0. The first kappa shape index (κ1) is 15.8. The fourth-order valence-corrected chi connectivity index (χ4v) is 1.97. The maximum Gasteiger partial charge on any atom is 0.313 e. The first-order chi connectivity index (χ1) is 10.7. The van der Waals surface area contributed by atoms with E-state index in [-0.39, 0.29) is 0 Å². The number of aromatic nitrogens is 2. The zero-order chi connectivity index (χ0) is 15.8. The molecule has 0 unspecified atom stereocenters. The molecule has 2 rings (SSSR count). The molecule has 0 bridgehead atoms. The van der Waals surface area contributed by atoms with Crippen LogP contribution in [0, 0.1) is 0 Å². The minimum Gasteiger partial charge on any atom is -0.348 e. The van der Waals surface area contributed by atoms with Crippen LogP contribution < -0.4 is 10.6 Å². The molecule has 0 aliphatic rings. The Hall–Kier alpha value is -2.63. The molecule has 0 atom stereocenters. The molecule has 0 aliphatic carbocycles. The summed E-state index contributed by atoms with van der Waals surface area (Å²) in [6.45, 7) is 3.19. The van der Waals surface area contributed by atoms with Gasteiger partial charge in [0.1, 0.15) is 0 Å². The van der Waals surface area contributed by atoms with Gasteiger partial charge in [0, 0.05) is 31.2 Å². The lowest BCUT2D eigenvalue weighted by Gasteiger charge is -2.07. The quantitative estimate of drug-likeness (QED) is 0.628. The fourth-order valence-electron chi connectivity index (χ4n) is 1.97. The number of nitrogens with one attached hydrogen (secondary N) is 2. The van der Waals surface area contributed by atoms with Crippen LogP contribution in [0.1, 0.15) is 18.9 Å². The van der Waals surface area contributed by atoms with Crippen LogP contribution >= 0.6 is 0 Å². The van der Waals surface area contributed by atoms with Crippen molar-refractivity contribution in [3.63, 3.8) is 0 Å². The molecule has 2 amide bonds. The van der Waals surface area contributed by atoms with E-state index in [2.05, 4.69) is 22.7 Å². The summed E-state index contributed by atoms with van der Waals surface area (Å²) < 4.78 is 1.78. The van der Waals surface area contributed by atoms with Crippen molar-refractivity contribution < 1.29 is 9.59 Å². The highest BCUT2D eigenvalue weighted by Gasteiger charge is 2.12. The van der Waals surface area contributed by atoms with Crippen LogP contribution in [0.2, 0.25) is 0 Å². The lowest BCUT2D eigenvalue weighted by molar-refractivity contribution is -0.136. The van der Waals surface area contributed by atoms with E-state index in [0.717, 1.165) is 6.42 Å². The lowest BCUT2D eigenvalue weighted by atomic mass is 10.1. The predicted molar refractivity (Wildman–Crippen MR) is 84.3 cm³/mol. The van der Waals surface area contributed by atoms with E-state index in [4.69, 9.17) is 0 Å². The summed E-state index contributed by atoms with van der Waals surface area (Å²) in [5.74, 6) is -1.27. The first-order valence-electron chi connectivity index (χ1n) is 7.34. The first-order valence-corrected chi connectivity index (χ1v) is 7.34. The van der Waals surface area contributed by atoms with Crippen molar-refractivity contribution in [2.45, 2.75) is 26.3 Å². The number of benzene rings is 1. The van der Waals surface area contributed by atoms with Crippen molar-refractivity contribution in [3.8, 4) is 0 Å². The molecule has 1 aromatic heterocycles. The van der Waals surface area contributed by atoms with Crippen molar-refractivity contribution >= 4 is 17.5 Å². The monoisotopic (exact) mass is 300 g/mol. The van der Waals surface area contributed by atoms with Gasteiger partial charge in [0.05, 0.1) is 0 Å². The Morgan fingerprint density at radius 2 is 1.95 bits per heavy atom. The molecule has 0 saturated heterocycles. The molecule has 6 heteroatoms. The number of carbonyl (C=O) groups excluding carboxylic acids is 2. The zero-order valence-corrected chi connectivity index (χ0v) is 12.6. The summed E-state index contributed by atoms with van der Waals surface area (Å²) in [5, 5.41) is 9.24. The van der Waals surface area contributed by atoms with Gasteiger partial charge in [-0.15, -0.1) is 0 Å². The van der Waals surface area contributed by atoms with Crippen LogP contribution in [0.15, 0.2) is 42.7 Å². The molecule has 1 aromatic carbocycles. The van der Waals surface area contributed by atoms with E-state index in [1.165, 1.54) is 5.56 Å². The number of amides is 2. The Balaban J connectivity index is 1.70. The highest BCUT2D eigenvalue weighted by Crippen LogP contribution is 2.09. The van der Waals surface area contributed by atoms with E-state index in [1.54, 1.807) is 23.0 Å². The van der Waals surface area contributed by atoms with Gasteiger partial charge in [-0.3, -0.25) is 14.3 Å². The lowest BCUT2D eigenvalue weighted by Crippen LogP contribution is -2.36. The van der Waals surface area contributed by atoms with E-state index in [1.807, 2.05) is 24.4 Å². The van der Waals surface area contributed by atoms with Crippen LogP contribution in [0.25, 0.3) is 0 Å². The number of anilines is 1. The Morgan fingerprint density at radius 3 is 2.59 bits per heavy atom. The summed E-state index contributed by atoms with van der Waals surface area (Å²) in [6, 6.07) is 9.29. The van der Waals surface area contributed by atoms with Crippen molar-refractivity contribution in [1.29, 1.82) is 0 Å². The smallest absolute Gasteiger partial charge is 0.313 e. The van der Waals surface area contributed by atoms with Gasteiger partial charge in [-0.05, 0) is 36.6 Å². The van der Waals surface area contributed by atoms with E-state index >= 15 is 0 Å². The molecule has 2 aromatic rings. The van der Waals surface area contributed by atoms with Crippen LogP contribution in [-0.2, 0) is 22.6 Å². The fraction of sp³-hybridized carbons (Fsp3) is 0.312. The molecule has 1 heterocycles. The third kappa shape index (κ3) is 4.73. The summed E-state index contributed by atoms with van der Waals surface area (Å²) in [5.41, 5.74) is 1.80. The van der Waals surface area contributed by atoms with Crippen molar-refractivity contribution in [2.24, 2.45) is 0 Å². The SMILES string of the molecule is CCc1ccc(NC(=O)C(=O)NCCCn2cccn2)cc1. The van der Waals surface area contributed by atoms with Crippen molar-refractivity contribution in [3.05, 3.63) is 48.3 Å². The molecule has 0 spiro atoms. The largest absolute Gasteiger partial charge is 0.348 e. The number of aryl methyl sites for hydroxylation is 2. The molecule has 0 radical (unpaired) electrons. The number of carbonyl (C=O) groups is 2. The highest BCUT2D eigenvalue weighted by atomic mass is 16.2. The van der Waals surface area contributed by atoms with Crippen LogP contribution in [0.3, 0.4) is 0 Å². The molecule has 22 heavy (non-hydrogen) atoms. The molecule has 0 saturated carbocycles. The summed E-state index contributed by atoms with van der Waals surface area (Å²) in [6.07, 6.45) is 5.21. The molecule has 116 valence electrons. The molecule has 6 nitrogen and oxygen atoms in total. The Labute approximate surface area is 129 Å². The van der Waals surface area contributed by atoms with Gasteiger partial charge in [0.25, 0.3) is 0 Å². The highest BCUT2D eigenvalue weighted by molar-refractivity contribution is 6.39. The van der Waals surface area contributed by atoms with Crippen molar-refractivity contribution in [1.82, 2.24) is 15.1 Å². The normalized spacial score (nSPS) is 10.2. The van der Waals surface area contributed by atoms with Gasteiger partial charge in [-0.2, -0.15) is 5.10 Å². The van der Waals surface area contributed by atoms with Crippen LogP contribution in [0.4, 0.5) is 5.69 Å². The zero-order valence-electron chi connectivity index (χ0n) is 12.6. The molecule has 0 fully saturated rings. The Bertz CT molecular complexity index is 606. The average Bonchev–Trinajstić information content (AvgIpc) is 3.05. The number of nitrogens with zero attached hydrogens (tertiary/aromatic N) is 2. The Morgan fingerprint density at radius 1 is 1.18 bits per heavy atom. The van der Waals surface area contributed by atoms with Gasteiger partial charge in [-0.25, -0.2) is 0 Å². The summed E-state index contributed by atoms with van der Waals surface area (Å²) in [4.78, 5) is 23.4. The average molecular weight is 300 g/mol. The van der Waals surface area contributed by atoms with Gasteiger partial charge in [0.15, 0.2) is 0 Å². The number of hydrogen-bond acceptors (Lipinski definition) is 3. The Kier molecular flexibility index (Phi) is 5.71. The minimum atomic E-state index is -0.650. The standard InChI is InChI=1S/C16H20N4O2/c1-2-13-5-7-14(8-6-13)19-16(22)15(21)17-9-3-11-20-12-4-10-18-20/h4-8,10,12H,2-3,9,11H2,1H3,(H,17,21)(H,19,22). The maximum atomic E-state index is 11.7. The predicted octanol–water partition coefficient (Wildman–Crippen LogP) is 1.59. The number of rotatable bonds is 6. The molecule has 0 aliphatic heterocycles. The molecule has 2 N–H and O–H groups in total.